The zero-order valence-corrected chi connectivity index (χ0v) is 18.6. The number of benzene rings is 3. The molecule has 1 N–H and O–H groups in total. The van der Waals surface area contributed by atoms with Crippen molar-refractivity contribution in [2.45, 2.75) is 26.4 Å². The summed E-state index contributed by atoms with van der Waals surface area (Å²) in [7, 11) is 0. The van der Waals surface area contributed by atoms with Crippen LogP contribution in [0, 0.1) is 0 Å². The number of carbonyl (C=O) groups excluding carboxylic acids is 1. The largest absolute Gasteiger partial charge is 0.488 e. The predicted molar refractivity (Wildman–Crippen MR) is 128 cm³/mol. The second kappa shape index (κ2) is 8.74. The molecule has 0 spiro atoms. The second-order valence-corrected chi connectivity index (χ2v) is 9.12. The van der Waals surface area contributed by atoms with Gasteiger partial charge in [0.25, 0.3) is 5.91 Å². The van der Waals surface area contributed by atoms with Gasteiger partial charge in [0, 0.05) is 11.1 Å². The molecule has 1 amide bonds. The molecule has 4 aromatic rings. The van der Waals surface area contributed by atoms with Crippen molar-refractivity contribution in [3.05, 3.63) is 90.5 Å². The Morgan fingerprint density at radius 3 is 2.00 bits per heavy atom. The summed E-state index contributed by atoms with van der Waals surface area (Å²) < 4.78 is 5.83. The first-order valence-corrected chi connectivity index (χ1v) is 10.9. The van der Waals surface area contributed by atoms with Gasteiger partial charge in [-0.1, -0.05) is 72.0 Å². The molecule has 0 atom stereocenters. The minimum absolute atomic E-state index is 0.199. The fourth-order valence-corrected chi connectivity index (χ4v) is 4.14. The van der Waals surface area contributed by atoms with Crippen LogP contribution in [0.25, 0.3) is 21.7 Å². The van der Waals surface area contributed by atoms with Crippen LogP contribution in [0.3, 0.4) is 0 Å². The highest BCUT2D eigenvalue weighted by molar-refractivity contribution is 7.19. The van der Waals surface area contributed by atoms with Crippen LogP contribution >= 0.6 is 11.3 Å². The van der Waals surface area contributed by atoms with Crippen LogP contribution in [0.2, 0.25) is 0 Å². The van der Waals surface area contributed by atoms with Gasteiger partial charge >= 0.3 is 0 Å². The van der Waals surface area contributed by atoms with E-state index in [9.17, 15) is 4.79 Å². The molecule has 0 aliphatic heterocycles. The van der Waals surface area contributed by atoms with Gasteiger partial charge in [0.1, 0.15) is 11.4 Å². The number of thiazole rings is 1. The van der Waals surface area contributed by atoms with E-state index in [4.69, 9.17) is 9.72 Å². The summed E-state index contributed by atoms with van der Waals surface area (Å²) in [5.41, 5.74) is 3.22. The fourth-order valence-electron chi connectivity index (χ4n) is 3.15. The molecule has 1 heterocycles. The smallest absolute Gasteiger partial charge is 0.257 e. The van der Waals surface area contributed by atoms with Crippen molar-refractivity contribution < 1.29 is 9.53 Å². The number of amides is 1. The zero-order chi connectivity index (χ0) is 21.8. The number of carbonyl (C=O) groups is 1. The van der Waals surface area contributed by atoms with E-state index < -0.39 is 0 Å². The standard InChI is InChI=1S/C26H24N2O2S/c1-26(2,3)30-21-16-14-20(15-17-21)24(29)28-25-27-22(18-10-6-4-7-11-18)23(31-25)19-12-8-5-9-13-19/h4-17H,1-3H3,(H,27,28,29). The van der Waals surface area contributed by atoms with Gasteiger partial charge in [-0.25, -0.2) is 4.98 Å². The number of nitrogens with zero attached hydrogens (tertiary/aromatic N) is 1. The molecule has 0 unspecified atom stereocenters. The quantitative estimate of drug-likeness (QED) is 0.376. The number of ether oxygens (including phenoxy) is 1. The lowest BCUT2D eigenvalue weighted by Gasteiger charge is -2.21. The Hall–Kier alpha value is -3.44. The Morgan fingerprint density at radius 1 is 0.839 bits per heavy atom. The van der Waals surface area contributed by atoms with Gasteiger partial charge < -0.3 is 4.74 Å². The van der Waals surface area contributed by atoms with Crippen molar-refractivity contribution in [3.8, 4) is 27.4 Å². The lowest BCUT2D eigenvalue weighted by atomic mass is 10.1. The topological polar surface area (TPSA) is 51.2 Å². The highest BCUT2D eigenvalue weighted by atomic mass is 32.1. The Balaban J connectivity index is 1.60. The van der Waals surface area contributed by atoms with Crippen LogP contribution in [0.15, 0.2) is 84.9 Å². The number of hydrogen-bond acceptors (Lipinski definition) is 4. The zero-order valence-electron chi connectivity index (χ0n) is 17.8. The van der Waals surface area contributed by atoms with E-state index in [1.807, 2.05) is 81.4 Å². The third kappa shape index (κ3) is 5.19. The van der Waals surface area contributed by atoms with E-state index in [0.29, 0.717) is 10.7 Å². The molecule has 4 nitrogen and oxygen atoms in total. The average molecular weight is 429 g/mol. The van der Waals surface area contributed by atoms with Crippen molar-refractivity contribution in [2.75, 3.05) is 5.32 Å². The molecule has 0 aliphatic carbocycles. The van der Waals surface area contributed by atoms with Crippen LogP contribution in [-0.4, -0.2) is 16.5 Å². The molecule has 0 saturated carbocycles. The lowest BCUT2D eigenvalue weighted by Crippen LogP contribution is -2.23. The maximum Gasteiger partial charge on any atom is 0.257 e. The number of hydrogen-bond donors (Lipinski definition) is 1. The molecule has 5 heteroatoms. The minimum atomic E-state index is -0.285. The van der Waals surface area contributed by atoms with Crippen LogP contribution in [-0.2, 0) is 0 Å². The Kier molecular flexibility index (Phi) is 5.87. The normalized spacial score (nSPS) is 11.2. The summed E-state index contributed by atoms with van der Waals surface area (Å²) in [6.45, 7) is 5.97. The molecule has 0 aliphatic rings. The van der Waals surface area contributed by atoms with E-state index in [1.165, 1.54) is 11.3 Å². The van der Waals surface area contributed by atoms with E-state index in [1.54, 1.807) is 12.1 Å². The molecular weight excluding hydrogens is 404 g/mol. The van der Waals surface area contributed by atoms with Gasteiger partial charge in [-0.05, 0) is 50.6 Å². The van der Waals surface area contributed by atoms with Gasteiger partial charge in [0.15, 0.2) is 5.13 Å². The summed E-state index contributed by atoms with van der Waals surface area (Å²) in [5, 5.41) is 3.52. The summed E-state index contributed by atoms with van der Waals surface area (Å²) in [4.78, 5) is 18.6. The third-order valence-corrected chi connectivity index (χ3v) is 5.49. The molecule has 0 bridgehead atoms. The van der Waals surface area contributed by atoms with Gasteiger partial charge in [-0.2, -0.15) is 0 Å². The monoisotopic (exact) mass is 428 g/mol. The van der Waals surface area contributed by atoms with E-state index in [-0.39, 0.29) is 11.5 Å². The average Bonchev–Trinajstić information content (AvgIpc) is 3.18. The lowest BCUT2D eigenvalue weighted by molar-refractivity contribution is 0.102. The number of nitrogens with one attached hydrogen (secondary N) is 1. The van der Waals surface area contributed by atoms with Crippen LogP contribution in [0.4, 0.5) is 5.13 Å². The number of aromatic nitrogens is 1. The Bertz CT molecular complexity index is 1100. The maximum atomic E-state index is 12.8. The molecular formula is C26H24N2O2S. The molecule has 1 aromatic heterocycles. The number of anilines is 1. The fraction of sp³-hybridized carbons (Fsp3) is 0.154. The minimum Gasteiger partial charge on any atom is -0.488 e. The van der Waals surface area contributed by atoms with Crippen LogP contribution in [0.1, 0.15) is 31.1 Å². The molecule has 156 valence electrons. The van der Waals surface area contributed by atoms with E-state index in [2.05, 4.69) is 17.4 Å². The molecule has 0 radical (unpaired) electrons. The van der Waals surface area contributed by atoms with Crippen molar-refractivity contribution in [3.63, 3.8) is 0 Å². The SMILES string of the molecule is CC(C)(C)Oc1ccc(C(=O)Nc2nc(-c3ccccc3)c(-c3ccccc3)s2)cc1. The van der Waals surface area contributed by atoms with E-state index in [0.717, 1.165) is 27.4 Å². The number of rotatable bonds is 5. The Labute approximate surface area is 186 Å². The highest BCUT2D eigenvalue weighted by Gasteiger charge is 2.17. The first-order valence-electron chi connectivity index (χ1n) is 10.1. The van der Waals surface area contributed by atoms with Crippen LogP contribution < -0.4 is 10.1 Å². The molecule has 31 heavy (non-hydrogen) atoms. The van der Waals surface area contributed by atoms with E-state index >= 15 is 0 Å². The van der Waals surface area contributed by atoms with Crippen molar-refractivity contribution in [2.24, 2.45) is 0 Å². The summed E-state index contributed by atoms with van der Waals surface area (Å²) >= 11 is 1.47. The first kappa shape index (κ1) is 20.8. The van der Waals surface area contributed by atoms with Crippen LogP contribution in [0.5, 0.6) is 5.75 Å². The molecule has 4 rings (SSSR count). The van der Waals surface area contributed by atoms with Gasteiger partial charge in [0.05, 0.1) is 10.6 Å². The van der Waals surface area contributed by atoms with Crippen molar-refractivity contribution in [1.82, 2.24) is 4.98 Å². The predicted octanol–water partition coefficient (Wildman–Crippen LogP) is 6.91. The second-order valence-electron chi connectivity index (χ2n) is 8.12. The third-order valence-electron chi connectivity index (χ3n) is 4.47. The maximum absolute atomic E-state index is 12.8. The van der Waals surface area contributed by atoms with Gasteiger partial charge in [0.2, 0.25) is 0 Å². The Morgan fingerprint density at radius 2 is 1.42 bits per heavy atom. The van der Waals surface area contributed by atoms with Gasteiger partial charge in [-0.15, -0.1) is 0 Å². The van der Waals surface area contributed by atoms with Gasteiger partial charge in [-0.3, -0.25) is 10.1 Å². The van der Waals surface area contributed by atoms with Crippen molar-refractivity contribution >= 4 is 22.4 Å². The molecule has 3 aromatic carbocycles. The first-order chi connectivity index (χ1) is 14.9. The molecule has 0 fully saturated rings. The van der Waals surface area contributed by atoms with Crippen molar-refractivity contribution in [1.29, 1.82) is 0 Å². The highest BCUT2D eigenvalue weighted by Crippen LogP contribution is 2.39. The molecule has 0 saturated heterocycles. The summed E-state index contributed by atoms with van der Waals surface area (Å²) in [6, 6.07) is 27.3. The summed E-state index contributed by atoms with van der Waals surface area (Å²) in [5.74, 6) is 0.534. The summed E-state index contributed by atoms with van der Waals surface area (Å²) in [6.07, 6.45) is 0.